The molecule has 0 saturated carbocycles. The van der Waals surface area contributed by atoms with E-state index in [2.05, 4.69) is 0 Å². The summed E-state index contributed by atoms with van der Waals surface area (Å²) in [6, 6.07) is 7.23. The highest BCUT2D eigenvalue weighted by Gasteiger charge is 2.31. The summed E-state index contributed by atoms with van der Waals surface area (Å²) < 4.78 is 19.9. The topological polar surface area (TPSA) is 53.8 Å². The summed E-state index contributed by atoms with van der Waals surface area (Å²) >= 11 is 6.06. The molecule has 2 aromatic rings. The second-order valence-corrected chi connectivity index (χ2v) is 7.74. The summed E-state index contributed by atoms with van der Waals surface area (Å²) in [6.07, 6.45) is 6.01. The average molecular weight is 402 g/mol. The number of allylic oxidation sites excluding steroid dienone is 1. The predicted octanol–water partition coefficient (Wildman–Crippen LogP) is 3.13. The highest BCUT2D eigenvalue weighted by atomic mass is 35.5. The van der Waals surface area contributed by atoms with Crippen LogP contribution in [0.3, 0.4) is 0 Å². The van der Waals surface area contributed by atoms with Crippen LogP contribution in [0.4, 0.5) is 4.39 Å². The maximum atomic E-state index is 14.1. The maximum absolute atomic E-state index is 14.1. The first kappa shape index (κ1) is 19.0. The van der Waals surface area contributed by atoms with Gasteiger partial charge >= 0.3 is 0 Å². The SMILES string of the molecule is O=C1C(=Cc2c(F)cccc2Cl)Oc2c1ccc([O-])c2C[NH+]1CCCCCC1. The van der Waals surface area contributed by atoms with Gasteiger partial charge in [0.05, 0.1) is 23.7 Å². The van der Waals surface area contributed by atoms with E-state index in [-0.39, 0.29) is 27.9 Å². The lowest BCUT2D eigenvalue weighted by Gasteiger charge is -2.22. The van der Waals surface area contributed by atoms with Gasteiger partial charge in [-0.25, -0.2) is 4.39 Å². The van der Waals surface area contributed by atoms with Gasteiger partial charge in [0, 0.05) is 11.1 Å². The van der Waals surface area contributed by atoms with Gasteiger partial charge in [0.1, 0.15) is 18.1 Å². The number of carbonyl (C=O) groups is 1. The number of carbonyl (C=O) groups excluding carboxylic acids is 1. The van der Waals surface area contributed by atoms with Gasteiger partial charge in [-0.3, -0.25) is 4.79 Å². The van der Waals surface area contributed by atoms with Crippen molar-refractivity contribution in [1.82, 2.24) is 0 Å². The first-order chi connectivity index (χ1) is 13.5. The van der Waals surface area contributed by atoms with Crippen molar-refractivity contribution in [2.24, 2.45) is 0 Å². The van der Waals surface area contributed by atoms with Crippen LogP contribution >= 0.6 is 11.6 Å². The molecule has 0 aliphatic carbocycles. The molecule has 0 atom stereocenters. The van der Waals surface area contributed by atoms with Crippen LogP contribution in [0.15, 0.2) is 36.1 Å². The van der Waals surface area contributed by atoms with Crippen molar-refractivity contribution in [3.63, 3.8) is 0 Å². The van der Waals surface area contributed by atoms with E-state index >= 15 is 0 Å². The number of hydrogen-bond acceptors (Lipinski definition) is 3. The van der Waals surface area contributed by atoms with Crippen LogP contribution in [-0.4, -0.2) is 18.9 Å². The lowest BCUT2D eigenvalue weighted by Crippen LogP contribution is -3.10. The molecule has 0 amide bonds. The van der Waals surface area contributed by atoms with Crippen LogP contribution in [-0.2, 0) is 6.54 Å². The number of likely N-dealkylation sites (tertiary alicyclic amines) is 1. The smallest absolute Gasteiger partial charge is 0.231 e. The molecule has 2 aromatic carbocycles. The number of halogens is 2. The second kappa shape index (κ2) is 7.94. The van der Waals surface area contributed by atoms with E-state index in [0.717, 1.165) is 25.9 Å². The van der Waals surface area contributed by atoms with Crippen LogP contribution in [0.5, 0.6) is 11.5 Å². The summed E-state index contributed by atoms with van der Waals surface area (Å²) in [7, 11) is 0. The monoisotopic (exact) mass is 401 g/mol. The van der Waals surface area contributed by atoms with Crippen molar-refractivity contribution in [3.05, 3.63) is 63.6 Å². The number of ether oxygens (including phenoxy) is 1. The Labute approximate surface area is 168 Å². The molecule has 6 heteroatoms. The van der Waals surface area contributed by atoms with Gasteiger partial charge in [0.2, 0.25) is 5.78 Å². The van der Waals surface area contributed by atoms with Crippen LogP contribution in [0.1, 0.15) is 47.2 Å². The number of nitrogens with one attached hydrogen (secondary N) is 1. The molecule has 146 valence electrons. The number of benzene rings is 2. The van der Waals surface area contributed by atoms with Crippen molar-refractivity contribution >= 4 is 23.5 Å². The molecule has 28 heavy (non-hydrogen) atoms. The summed E-state index contributed by atoms with van der Waals surface area (Å²) in [4.78, 5) is 14.1. The van der Waals surface area contributed by atoms with Gasteiger partial charge in [-0.05, 0) is 50.0 Å². The number of hydrogen-bond donors (Lipinski definition) is 1. The van der Waals surface area contributed by atoms with E-state index < -0.39 is 5.82 Å². The van der Waals surface area contributed by atoms with Crippen LogP contribution in [0.2, 0.25) is 5.02 Å². The summed E-state index contributed by atoms with van der Waals surface area (Å²) in [5.41, 5.74) is 0.968. The molecular weight excluding hydrogens is 381 g/mol. The minimum absolute atomic E-state index is 0.0142. The van der Waals surface area contributed by atoms with Crippen molar-refractivity contribution in [1.29, 1.82) is 0 Å². The number of rotatable bonds is 3. The Bertz CT molecular complexity index is 929. The largest absolute Gasteiger partial charge is 0.872 e. The molecule has 2 aliphatic heterocycles. The zero-order valence-electron chi connectivity index (χ0n) is 15.4. The summed E-state index contributed by atoms with van der Waals surface area (Å²) in [6.45, 7) is 2.54. The summed E-state index contributed by atoms with van der Waals surface area (Å²) in [5, 5.41) is 12.7. The highest BCUT2D eigenvalue weighted by Crippen LogP contribution is 2.38. The fourth-order valence-electron chi connectivity index (χ4n) is 3.89. The molecule has 0 bridgehead atoms. The Balaban J connectivity index is 1.67. The highest BCUT2D eigenvalue weighted by molar-refractivity contribution is 6.32. The van der Waals surface area contributed by atoms with E-state index in [4.69, 9.17) is 16.3 Å². The number of quaternary nitrogens is 1. The Morgan fingerprint density at radius 2 is 1.89 bits per heavy atom. The molecule has 1 N–H and O–H groups in total. The minimum atomic E-state index is -0.536. The molecule has 1 saturated heterocycles. The summed E-state index contributed by atoms with van der Waals surface area (Å²) in [5.74, 6) is -0.728. The lowest BCUT2D eigenvalue weighted by atomic mass is 10.0. The van der Waals surface area contributed by atoms with Gasteiger partial charge in [-0.15, -0.1) is 0 Å². The molecule has 0 radical (unpaired) electrons. The molecule has 0 aromatic heterocycles. The van der Waals surface area contributed by atoms with Crippen molar-refractivity contribution < 1.29 is 23.9 Å². The van der Waals surface area contributed by atoms with E-state index in [0.29, 0.717) is 23.4 Å². The quantitative estimate of drug-likeness (QED) is 0.804. The third-order valence-electron chi connectivity index (χ3n) is 5.41. The molecule has 0 unspecified atom stereocenters. The van der Waals surface area contributed by atoms with Crippen molar-refractivity contribution in [2.75, 3.05) is 13.1 Å². The van der Waals surface area contributed by atoms with E-state index in [9.17, 15) is 14.3 Å². The van der Waals surface area contributed by atoms with Crippen LogP contribution in [0.25, 0.3) is 6.08 Å². The van der Waals surface area contributed by atoms with Gasteiger partial charge in [-0.1, -0.05) is 29.5 Å². The van der Waals surface area contributed by atoms with Crippen molar-refractivity contribution in [2.45, 2.75) is 32.2 Å². The first-order valence-electron chi connectivity index (χ1n) is 9.59. The van der Waals surface area contributed by atoms with E-state index in [1.165, 1.54) is 48.1 Å². The predicted molar refractivity (Wildman–Crippen MR) is 103 cm³/mol. The van der Waals surface area contributed by atoms with Gasteiger partial charge in [-0.2, -0.15) is 0 Å². The third-order valence-corrected chi connectivity index (χ3v) is 5.74. The number of Topliss-reactive ketones (excluding diaryl/α,β-unsaturated/α-hetero) is 1. The van der Waals surface area contributed by atoms with E-state index in [1.807, 2.05) is 0 Å². The zero-order chi connectivity index (χ0) is 19.7. The second-order valence-electron chi connectivity index (χ2n) is 7.34. The Hall–Kier alpha value is -2.37. The first-order valence-corrected chi connectivity index (χ1v) is 9.97. The van der Waals surface area contributed by atoms with E-state index in [1.54, 1.807) is 6.07 Å². The minimum Gasteiger partial charge on any atom is -0.872 e. The van der Waals surface area contributed by atoms with Crippen molar-refractivity contribution in [3.8, 4) is 11.5 Å². The standard InChI is InChI=1S/C22H21ClFNO3/c23-17-6-5-7-18(24)15(17)12-20-21(27)14-8-9-19(26)16(22(14)28-20)13-25-10-3-1-2-4-11-25/h5-9,12,26H,1-4,10-11,13H2. The van der Waals surface area contributed by atoms with Gasteiger partial charge < -0.3 is 14.7 Å². The molecule has 2 heterocycles. The molecule has 2 aliphatic rings. The number of ketones is 1. The fourth-order valence-corrected chi connectivity index (χ4v) is 4.11. The Kier molecular flexibility index (Phi) is 5.38. The van der Waals surface area contributed by atoms with Crippen LogP contribution in [0, 0.1) is 5.82 Å². The third kappa shape index (κ3) is 3.64. The average Bonchev–Trinajstić information content (AvgIpc) is 2.84. The van der Waals surface area contributed by atoms with Gasteiger partial charge in [0.25, 0.3) is 0 Å². The molecule has 4 nitrogen and oxygen atoms in total. The normalized spacial score (nSPS) is 18.8. The molecule has 0 spiro atoms. The fraction of sp³-hybridized carbons (Fsp3) is 0.318. The molecule has 1 fully saturated rings. The zero-order valence-corrected chi connectivity index (χ0v) is 16.2. The molecular formula is C22H21ClFNO3. The Morgan fingerprint density at radius 1 is 1.14 bits per heavy atom. The number of fused-ring (bicyclic) bond motifs is 1. The van der Waals surface area contributed by atoms with Gasteiger partial charge in [0.15, 0.2) is 5.76 Å². The molecule has 4 rings (SSSR count). The van der Waals surface area contributed by atoms with Crippen LogP contribution < -0.4 is 14.7 Å². The maximum Gasteiger partial charge on any atom is 0.231 e. The Morgan fingerprint density at radius 3 is 2.61 bits per heavy atom. The lowest BCUT2D eigenvalue weighted by molar-refractivity contribution is -0.913.